The Morgan fingerprint density at radius 3 is 2.54 bits per heavy atom. The van der Waals surface area contributed by atoms with Crippen molar-refractivity contribution in [2.24, 2.45) is 0 Å². The van der Waals surface area contributed by atoms with Gasteiger partial charge < -0.3 is 9.40 Å². The molecule has 2 aromatic carbocycles. The Labute approximate surface area is 168 Å². The van der Waals surface area contributed by atoms with Crippen LogP contribution in [0.2, 0.25) is 0 Å². The molecule has 0 saturated carbocycles. The van der Waals surface area contributed by atoms with Gasteiger partial charge in [0.1, 0.15) is 5.58 Å². The number of hydrogen-bond acceptors (Lipinski definition) is 2. The zero-order valence-corrected chi connectivity index (χ0v) is 17.7. The summed E-state index contributed by atoms with van der Waals surface area (Å²) in [5.41, 5.74) is 6.17. The first kappa shape index (κ1) is 18.8. The smallest absolute Gasteiger partial charge is 0.120 e. The number of rotatable bonds is 4. The molecule has 2 heterocycles. The number of pyridine rings is 1. The molecule has 0 aliphatic heterocycles. The zero-order chi connectivity index (χ0) is 17.4. The van der Waals surface area contributed by atoms with Crippen molar-refractivity contribution in [3.8, 4) is 11.3 Å². The Morgan fingerprint density at radius 1 is 1.08 bits per heavy atom. The van der Waals surface area contributed by atoms with Crippen LogP contribution in [0, 0.1) is 13.0 Å². The minimum Gasteiger partial charge on any atom is -0.501 e. The summed E-state index contributed by atoms with van der Waals surface area (Å²) in [5.74, 6) is 0.514. The molecule has 0 fully saturated rings. The van der Waals surface area contributed by atoms with Crippen molar-refractivity contribution in [2.45, 2.75) is 39.5 Å². The largest absolute Gasteiger partial charge is 0.501 e. The molecule has 2 nitrogen and oxygen atoms in total. The molecule has 3 heteroatoms. The summed E-state index contributed by atoms with van der Waals surface area (Å²) < 4.78 is 6.28. The predicted octanol–water partition coefficient (Wildman–Crippen LogP) is 6.66. The van der Waals surface area contributed by atoms with E-state index < -0.39 is 0 Å². The van der Waals surface area contributed by atoms with E-state index in [1.165, 1.54) is 16.3 Å². The van der Waals surface area contributed by atoms with E-state index >= 15 is 0 Å². The molecule has 0 saturated heterocycles. The summed E-state index contributed by atoms with van der Waals surface area (Å²) in [5, 5.41) is 2.40. The van der Waals surface area contributed by atoms with Gasteiger partial charge in [-0.2, -0.15) is 0 Å². The van der Waals surface area contributed by atoms with Crippen molar-refractivity contribution in [2.75, 3.05) is 0 Å². The monoisotopic (exact) mass is 521 g/mol. The van der Waals surface area contributed by atoms with E-state index in [0.29, 0.717) is 5.92 Å². The van der Waals surface area contributed by atoms with Crippen molar-refractivity contribution in [1.82, 2.24) is 4.98 Å². The second-order valence-electron chi connectivity index (χ2n) is 6.66. The van der Waals surface area contributed by atoms with Gasteiger partial charge in [-0.05, 0) is 24.2 Å². The quantitative estimate of drug-likeness (QED) is 0.281. The summed E-state index contributed by atoms with van der Waals surface area (Å²) in [6.45, 7) is 6.54. The zero-order valence-electron chi connectivity index (χ0n) is 15.3. The molecule has 0 spiro atoms. The van der Waals surface area contributed by atoms with Crippen LogP contribution >= 0.6 is 0 Å². The predicted molar refractivity (Wildman–Crippen MR) is 104 cm³/mol. The van der Waals surface area contributed by atoms with Crippen molar-refractivity contribution in [1.29, 1.82) is 0 Å². The molecule has 0 unspecified atom stereocenters. The van der Waals surface area contributed by atoms with E-state index in [-0.39, 0.29) is 20.1 Å². The number of fused-ring (bicyclic) bond motifs is 3. The first-order chi connectivity index (χ1) is 12.2. The van der Waals surface area contributed by atoms with E-state index in [1.807, 2.05) is 31.3 Å². The third kappa shape index (κ3) is 3.11. The maximum absolute atomic E-state index is 6.28. The van der Waals surface area contributed by atoms with Crippen LogP contribution < -0.4 is 0 Å². The number of benzene rings is 2. The minimum absolute atomic E-state index is 0. The summed E-state index contributed by atoms with van der Waals surface area (Å²) in [6.07, 6.45) is 4.12. The number of nitrogens with zero attached hydrogens (tertiary/aromatic N) is 1. The summed E-state index contributed by atoms with van der Waals surface area (Å²) >= 11 is 0. The van der Waals surface area contributed by atoms with Gasteiger partial charge in [0.2, 0.25) is 0 Å². The Balaban J connectivity index is 0.00000196. The van der Waals surface area contributed by atoms with E-state index in [2.05, 4.69) is 49.2 Å². The number of furan rings is 1. The van der Waals surface area contributed by atoms with Crippen LogP contribution in [-0.2, 0) is 20.1 Å². The van der Waals surface area contributed by atoms with Gasteiger partial charge in [0, 0.05) is 31.7 Å². The standard InChI is InChI=1S/C23H22NO.Ir/c1-4-16(5-2)17-11-12-18(20-13-10-15(3)14-24-20)23-22(17)19-8-6-7-9-21(19)25-23;/h6-11,13-14,16H,4-5H2,1-3H3;/q-1;. The average molecular weight is 521 g/mol. The molecule has 0 N–H and O–H groups in total. The van der Waals surface area contributed by atoms with Crippen LogP contribution in [-0.4, -0.2) is 4.98 Å². The van der Waals surface area contributed by atoms with E-state index in [9.17, 15) is 0 Å². The molecule has 4 aromatic rings. The fourth-order valence-electron chi connectivity index (χ4n) is 3.65. The van der Waals surface area contributed by atoms with Gasteiger partial charge >= 0.3 is 0 Å². The third-order valence-electron chi connectivity index (χ3n) is 5.08. The molecule has 0 aliphatic carbocycles. The van der Waals surface area contributed by atoms with Crippen LogP contribution in [0.5, 0.6) is 0 Å². The third-order valence-corrected chi connectivity index (χ3v) is 5.08. The van der Waals surface area contributed by atoms with E-state index in [1.54, 1.807) is 0 Å². The molecule has 0 atom stereocenters. The van der Waals surface area contributed by atoms with Crippen LogP contribution in [0.1, 0.15) is 43.7 Å². The van der Waals surface area contributed by atoms with Gasteiger partial charge in [-0.3, -0.25) is 0 Å². The Kier molecular flexibility index (Phi) is 5.60. The van der Waals surface area contributed by atoms with Crippen molar-refractivity contribution in [3.63, 3.8) is 0 Å². The van der Waals surface area contributed by atoms with Gasteiger partial charge in [0.25, 0.3) is 0 Å². The second-order valence-corrected chi connectivity index (χ2v) is 6.66. The summed E-state index contributed by atoms with van der Waals surface area (Å²) in [6, 6.07) is 18.0. The molecule has 4 rings (SSSR count). The Hall–Kier alpha value is -1.96. The van der Waals surface area contributed by atoms with Gasteiger partial charge in [0.05, 0.1) is 5.58 Å². The topological polar surface area (TPSA) is 26.0 Å². The van der Waals surface area contributed by atoms with Crippen molar-refractivity contribution in [3.05, 3.63) is 65.9 Å². The first-order valence-corrected chi connectivity index (χ1v) is 9.01. The Bertz CT molecular complexity index is 1030. The van der Waals surface area contributed by atoms with Crippen molar-refractivity contribution >= 4 is 21.9 Å². The molecule has 0 aliphatic rings. The van der Waals surface area contributed by atoms with Crippen LogP contribution in [0.3, 0.4) is 0 Å². The van der Waals surface area contributed by atoms with Gasteiger partial charge in [-0.1, -0.05) is 73.9 Å². The molecule has 26 heavy (non-hydrogen) atoms. The Morgan fingerprint density at radius 2 is 1.85 bits per heavy atom. The maximum atomic E-state index is 6.28. The minimum atomic E-state index is 0. The van der Waals surface area contributed by atoms with Gasteiger partial charge in [-0.25, -0.2) is 0 Å². The maximum Gasteiger partial charge on any atom is 0.120 e. The number of aromatic nitrogens is 1. The molecule has 2 aromatic heterocycles. The fraction of sp³-hybridized carbons (Fsp3) is 0.261. The molecule has 135 valence electrons. The molecular weight excluding hydrogens is 498 g/mol. The van der Waals surface area contributed by atoms with Crippen LogP contribution in [0.4, 0.5) is 0 Å². The second kappa shape index (κ2) is 7.73. The van der Waals surface area contributed by atoms with E-state index in [0.717, 1.165) is 40.8 Å². The number of para-hydroxylation sites is 1. The van der Waals surface area contributed by atoms with Crippen LogP contribution in [0.15, 0.2) is 53.1 Å². The molecule has 0 bridgehead atoms. The number of aryl methyl sites for hydroxylation is 1. The van der Waals surface area contributed by atoms with Crippen LogP contribution in [0.25, 0.3) is 33.2 Å². The molecular formula is C23H22IrNO-. The summed E-state index contributed by atoms with van der Waals surface area (Å²) in [4.78, 5) is 4.59. The summed E-state index contributed by atoms with van der Waals surface area (Å²) in [7, 11) is 0. The first-order valence-electron chi connectivity index (χ1n) is 9.01. The molecule has 1 radical (unpaired) electrons. The van der Waals surface area contributed by atoms with Crippen molar-refractivity contribution < 1.29 is 24.5 Å². The molecule has 0 amide bonds. The SMILES string of the molecule is CCC(CC)c1c[c-]c(-c2ccc(C)cn2)c2oc3ccccc3c12.[Ir]. The van der Waals surface area contributed by atoms with E-state index in [4.69, 9.17) is 4.42 Å². The average Bonchev–Trinajstić information content (AvgIpc) is 3.03. The van der Waals surface area contributed by atoms with Gasteiger partial charge in [0.15, 0.2) is 0 Å². The number of hydrogen-bond donors (Lipinski definition) is 0. The van der Waals surface area contributed by atoms with Gasteiger partial charge in [-0.15, -0.1) is 17.7 Å². The normalized spacial score (nSPS) is 11.2. The fourth-order valence-corrected chi connectivity index (χ4v) is 3.65.